The highest BCUT2D eigenvalue weighted by atomic mass is 16.4. The molecule has 1 aliphatic rings. The minimum atomic E-state index is -0.741. The molecular weight excluding hydrogens is 320 g/mol. The molecule has 0 heterocycles. The second-order valence-electron chi connectivity index (χ2n) is 6.76. The van der Waals surface area contributed by atoms with Gasteiger partial charge in [0.15, 0.2) is 0 Å². The van der Waals surface area contributed by atoms with Crippen LogP contribution in [-0.4, -0.2) is 40.9 Å². The maximum Gasteiger partial charge on any atom is 0.315 e. The number of carboxylic acid groups (broad SMARTS) is 1. The normalized spacial score (nSPS) is 21.3. The van der Waals surface area contributed by atoms with Crippen molar-refractivity contribution in [3.63, 3.8) is 0 Å². The number of nitrogens with one attached hydrogen (secondary N) is 2. The Kier molecular flexibility index (Phi) is 7.73. The summed E-state index contributed by atoms with van der Waals surface area (Å²) >= 11 is 0. The molecular formula is C19H28N2O4. The molecule has 6 nitrogen and oxygen atoms in total. The Morgan fingerprint density at radius 3 is 2.40 bits per heavy atom. The molecule has 0 saturated heterocycles. The molecule has 4 N–H and O–H groups in total. The zero-order valence-corrected chi connectivity index (χ0v) is 14.5. The fourth-order valence-electron chi connectivity index (χ4n) is 3.36. The van der Waals surface area contributed by atoms with Crippen LogP contribution in [0.5, 0.6) is 0 Å². The lowest BCUT2D eigenvalue weighted by molar-refractivity contribution is -0.142. The Hall–Kier alpha value is -2.08. The zero-order chi connectivity index (χ0) is 18.1. The summed E-state index contributed by atoms with van der Waals surface area (Å²) in [5.41, 5.74) is 1.15. The number of hydrogen-bond donors (Lipinski definition) is 4. The summed E-state index contributed by atoms with van der Waals surface area (Å²) in [6, 6.07) is 9.74. The van der Waals surface area contributed by atoms with Gasteiger partial charge in [0.2, 0.25) is 0 Å². The lowest BCUT2D eigenvalue weighted by atomic mass is 9.86. The number of aliphatic hydroxyl groups is 1. The van der Waals surface area contributed by atoms with E-state index in [1.54, 1.807) is 0 Å². The first-order chi connectivity index (χ1) is 12.1. The van der Waals surface area contributed by atoms with Gasteiger partial charge in [0.05, 0.1) is 5.92 Å². The van der Waals surface area contributed by atoms with Gasteiger partial charge in [-0.25, -0.2) is 4.79 Å². The van der Waals surface area contributed by atoms with E-state index >= 15 is 0 Å². The monoisotopic (exact) mass is 348 g/mol. The van der Waals surface area contributed by atoms with Crippen LogP contribution < -0.4 is 10.6 Å². The van der Waals surface area contributed by atoms with Crippen LogP contribution in [-0.2, 0) is 11.2 Å². The number of aliphatic hydroxyl groups excluding tert-OH is 1. The number of carbonyl (C=O) groups excluding carboxylic acids is 1. The molecule has 25 heavy (non-hydrogen) atoms. The summed E-state index contributed by atoms with van der Waals surface area (Å²) in [4.78, 5) is 23.3. The third kappa shape index (κ3) is 6.74. The molecule has 1 saturated carbocycles. The largest absolute Gasteiger partial charge is 0.481 e. The molecule has 1 aliphatic carbocycles. The van der Waals surface area contributed by atoms with Crippen LogP contribution in [0.1, 0.15) is 44.1 Å². The molecule has 1 atom stereocenters. The number of rotatable bonds is 8. The van der Waals surface area contributed by atoms with Crippen LogP contribution in [0.15, 0.2) is 30.3 Å². The molecule has 2 amide bonds. The van der Waals surface area contributed by atoms with Crippen molar-refractivity contribution in [1.29, 1.82) is 0 Å². The maximum atomic E-state index is 12.3. The van der Waals surface area contributed by atoms with E-state index in [0.29, 0.717) is 38.5 Å². The van der Waals surface area contributed by atoms with Crippen molar-refractivity contribution in [2.24, 2.45) is 5.92 Å². The van der Waals surface area contributed by atoms with Crippen LogP contribution in [0.4, 0.5) is 4.79 Å². The maximum absolute atomic E-state index is 12.3. The van der Waals surface area contributed by atoms with Crippen molar-refractivity contribution in [3.8, 4) is 0 Å². The molecule has 0 aliphatic heterocycles. The highest BCUT2D eigenvalue weighted by Crippen LogP contribution is 2.24. The van der Waals surface area contributed by atoms with E-state index in [1.807, 2.05) is 30.3 Å². The van der Waals surface area contributed by atoms with Crippen LogP contribution >= 0.6 is 0 Å². The van der Waals surface area contributed by atoms with E-state index in [1.165, 1.54) is 0 Å². The number of urea groups is 1. The van der Waals surface area contributed by atoms with Gasteiger partial charge in [-0.15, -0.1) is 0 Å². The first-order valence-electron chi connectivity index (χ1n) is 9.03. The van der Waals surface area contributed by atoms with E-state index in [0.717, 1.165) is 12.0 Å². The first-order valence-corrected chi connectivity index (χ1v) is 9.03. The number of carbonyl (C=O) groups is 2. The van der Waals surface area contributed by atoms with Gasteiger partial charge in [-0.3, -0.25) is 4.79 Å². The third-order valence-electron chi connectivity index (χ3n) is 4.78. The molecule has 1 aromatic rings. The molecule has 0 spiro atoms. The van der Waals surface area contributed by atoms with E-state index < -0.39 is 5.97 Å². The van der Waals surface area contributed by atoms with Gasteiger partial charge < -0.3 is 20.8 Å². The predicted molar refractivity (Wildman–Crippen MR) is 95.3 cm³/mol. The Morgan fingerprint density at radius 1 is 1.12 bits per heavy atom. The van der Waals surface area contributed by atoms with Crippen LogP contribution in [0.25, 0.3) is 0 Å². The summed E-state index contributed by atoms with van der Waals surface area (Å²) in [5.74, 6) is -1.02. The fraction of sp³-hybridized carbons (Fsp3) is 0.579. The molecule has 1 unspecified atom stereocenters. The Labute approximate surface area is 148 Å². The number of carboxylic acids is 1. The van der Waals surface area contributed by atoms with Gasteiger partial charge in [-0.1, -0.05) is 30.3 Å². The van der Waals surface area contributed by atoms with Crippen molar-refractivity contribution in [1.82, 2.24) is 10.6 Å². The number of benzene rings is 1. The van der Waals surface area contributed by atoms with Gasteiger partial charge in [-0.2, -0.15) is 0 Å². The molecule has 0 aromatic heterocycles. The summed E-state index contributed by atoms with van der Waals surface area (Å²) in [7, 11) is 0. The minimum Gasteiger partial charge on any atom is -0.481 e. The molecule has 0 radical (unpaired) electrons. The van der Waals surface area contributed by atoms with Gasteiger partial charge >= 0.3 is 12.0 Å². The Bertz CT molecular complexity index is 542. The molecule has 0 bridgehead atoms. The summed E-state index contributed by atoms with van der Waals surface area (Å²) in [6.45, 7) is 0.105. The highest BCUT2D eigenvalue weighted by Gasteiger charge is 2.27. The van der Waals surface area contributed by atoms with Gasteiger partial charge in [-0.05, 0) is 50.5 Å². The average Bonchev–Trinajstić information content (AvgIpc) is 2.61. The SMILES string of the molecule is O=C(NC1CCC(C(=O)O)CC1)NC(CCCO)Cc1ccccc1. The van der Waals surface area contributed by atoms with E-state index in [9.17, 15) is 9.59 Å². The van der Waals surface area contributed by atoms with E-state index in [4.69, 9.17) is 10.2 Å². The van der Waals surface area contributed by atoms with Crippen LogP contribution in [0.3, 0.4) is 0 Å². The van der Waals surface area contributed by atoms with Gasteiger partial charge in [0, 0.05) is 18.7 Å². The Morgan fingerprint density at radius 2 is 1.80 bits per heavy atom. The molecule has 138 valence electrons. The highest BCUT2D eigenvalue weighted by molar-refractivity contribution is 5.74. The van der Waals surface area contributed by atoms with Crippen molar-refractivity contribution < 1.29 is 19.8 Å². The number of aliphatic carboxylic acids is 1. The second kappa shape index (κ2) is 10.0. The molecule has 6 heteroatoms. The fourth-order valence-corrected chi connectivity index (χ4v) is 3.36. The van der Waals surface area contributed by atoms with Crippen molar-refractivity contribution in [3.05, 3.63) is 35.9 Å². The van der Waals surface area contributed by atoms with Crippen molar-refractivity contribution in [2.75, 3.05) is 6.61 Å². The van der Waals surface area contributed by atoms with Crippen LogP contribution in [0.2, 0.25) is 0 Å². The quantitative estimate of drug-likeness (QED) is 0.579. The Balaban J connectivity index is 1.81. The van der Waals surface area contributed by atoms with Crippen molar-refractivity contribution in [2.45, 2.75) is 57.0 Å². The number of hydrogen-bond acceptors (Lipinski definition) is 3. The molecule has 2 rings (SSSR count). The average molecular weight is 348 g/mol. The summed E-state index contributed by atoms with van der Waals surface area (Å²) in [6.07, 6.45) is 4.69. The van der Waals surface area contributed by atoms with Gasteiger partial charge in [0.1, 0.15) is 0 Å². The van der Waals surface area contributed by atoms with Crippen molar-refractivity contribution >= 4 is 12.0 Å². The standard InChI is InChI=1S/C19H28N2O4/c22-12-4-7-17(13-14-5-2-1-3-6-14)21-19(25)20-16-10-8-15(9-11-16)18(23)24/h1-3,5-6,15-17,22H,4,7-13H2,(H,23,24)(H2,20,21,25). The van der Waals surface area contributed by atoms with Gasteiger partial charge in [0.25, 0.3) is 0 Å². The summed E-state index contributed by atoms with van der Waals surface area (Å²) in [5, 5.41) is 24.1. The summed E-state index contributed by atoms with van der Waals surface area (Å²) < 4.78 is 0. The second-order valence-corrected chi connectivity index (χ2v) is 6.76. The predicted octanol–water partition coefficient (Wildman–Crippen LogP) is 2.31. The van der Waals surface area contributed by atoms with E-state index in [-0.39, 0.29) is 30.6 Å². The number of amides is 2. The smallest absolute Gasteiger partial charge is 0.315 e. The third-order valence-corrected chi connectivity index (χ3v) is 4.78. The topological polar surface area (TPSA) is 98.7 Å². The first kappa shape index (κ1) is 19.2. The van der Waals surface area contributed by atoms with Crippen LogP contribution in [0, 0.1) is 5.92 Å². The van der Waals surface area contributed by atoms with E-state index in [2.05, 4.69) is 10.6 Å². The molecule has 1 aromatic carbocycles. The lowest BCUT2D eigenvalue weighted by Crippen LogP contribution is -2.48. The molecule has 1 fully saturated rings. The lowest BCUT2D eigenvalue weighted by Gasteiger charge is -2.28. The zero-order valence-electron chi connectivity index (χ0n) is 14.5. The minimum absolute atomic E-state index is 0.0332.